The van der Waals surface area contributed by atoms with E-state index in [1.54, 1.807) is 0 Å². The van der Waals surface area contributed by atoms with Gasteiger partial charge in [0.15, 0.2) is 0 Å². The lowest BCUT2D eigenvalue weighted by Gasteiger charge is -2.22. The molecule has 7 heteroatoms. The molecule has 0 amide bonds. The molecule has 0 aromatic rings. The summed E-state index contributed by atoms with van der Waals surface area (Å²) in [6, 6.07) is 0. The zero-order chi connectivity index (χ0) is 21.4. The Labute approximate surface area is 205 Å². The second kappa shape index (κ2) is 17.4. The SMILES string of the molecule is C1CCC(SCCOB(OCCSC2CCCCC2)OCCSC2CCCCC2)CC1. The average Bonchev–Trinajstić information content (AvgIpc) is 2.83. The van der Waals surface area contributed by atoms with Crippen molar-refractivity contribution in [2.75, 3.05) is 37.1 Å². The number of thioether (sulfide) groups is 3. The van der Waals surface area contributed by atoms with E-state index in [-0.39, 0.29) is 0 Å². The average molecular weight is 489 g/mol. The molecule has 0 heterocycles. The molecule has 3 saturated carbocycles. The van der Waals surface area contributed by atoms with Crippen molar-refractivity contribution in [3.8, 4) is 0 Å². The van der Waals surface area contributed by atoms with Crippen molar-refractivity contribution in [1.82, 2.24) is 0 Å². The summed E-state index contributed by atoms with van der Waals surface area (Å²) >= 11 is 6.27. The maximum atomic E-state index is 6.03. The highest BCUT2D eigenvalue weighted by Gasteiger charge is 2.23. The Hall–Kier alpha value is 0.995. The second-order valence-corrected chi connectivity index (χ2v) is 13.5. The van der Waals surface area contributed by atoms with E-state index in [2.05, 4.69) is 35.3 Å². The molecule has 180 valence electrons. The van der Waals surface area contributed by atoms with Gasteiger partial charge in [-0.3, -0.25) is 0 Å². The highest BCUT2D eigenvalue weighted by atomic mass is 32.2. The minimum atomic E-state index is -0.481. The zero-order valence-electron chi connectivity index (χ0n) is 19.6. The quantitative estimate of drug-likeness (QED) is 0.178. The van der Waals surface area contributed by atoms with Crippen LogP contribution in [-0.2, 0) is 14.0 Å². The molecule has 3 fully saturated rings. The van der Waals surface area contributed by atoms with Crippen molar-refractivity contribution in [2.45, 2.75) is 112 Å². The molecule has 0 aromatic carbocycles. The van der Waals surface area contributed by atoms with E-state index < -0.39 is 7.32 Å². The van der Waals surface area contributed by atoms with Gasteiger partial charge in [-0.2, -0.15) is 35.3 Å². The van der Waals surface area contributed by atoms with Crippen LogP contribution >= 0.6 is 35.3 Å². The Balaban J connectivity index is 1.27. The topological polar surface area (TPSA) is 27.7 Å². The van der Waals surface area contributed by atoms with Gasteiger partial charge in [0.2, 0.25) is 0 Å². The van der Waals surface area contributed by atoms with Crippen molar-refractivity contribution >= 4 is 42.6 Å². The summed E-state index contributed by atoms with van der Waals surface area (Å²) in [7, 11) is -0.481. The first-order valence-corrected chi connectivity index (χ1v) is 16.2. The Morgan fingerprint density at radius 2 is 0.742 bits per heavy atom. The first kappa shape index (κ1) is 26.6. The van der Waals surface area contributed by atoms with Gasteiger partial charge in [0.05, 0.1) is 0 Å². The molecule has 0 aromatic heterocycles. The molecule has 3 aliphatic carbocycles. The fraction of sp³-hybridized carbons (Fsp3) is 1.00. The lowest BCUT2D eigenvalue weighted by atomic mass is 10.0. The van der Waals surface area contributed by atoms with Gasteiger partial charge in [0, 0.05) is 52.8 Å². The second-order valence-electron chi connectivity index (χ2n) is 9.29. The smallest absolute Gasteiger partial charge is 0.385 e. The third-order valence-corrected chi connectivity index (χ3v) is 10.8. The minimum Gasteiger partial charge on any atom is -0.385 e. The highest BCUT2D eigenvalue weighted by Crippen LogP contribution is 2.30. The van der Waals surface area contributed by atoms with Crippen LogP contribution in [0.3, 0.4) is 0 Å². The molecule has 0 bridgehead atoms. The van der Waals surface area contributed by atoms with Crippen molar-refractivity contribution < 1.29 is 14.0 Å². The Morgan fingerprint density at radius 3 is 1.03 bits per heavy atom. The first-order valence-electron chi connectivity index (χ1n) is 13.1. The number of rotatable bonds is 15. The largest absolute Gasteiger partial charge is 0.639 e. The lowest BCUT2D eigenvalue weighted by molar-refractivity contribution is 0.109. The Morgan fingerprint density at radius 1 is 0.452 bits per heavy atom. The summed E-state index contributed by atoms with van der Waals surface area (Å²) in [5, 5.41) is 2.53. The molecule has 3 rings (SSSR count). The van der Waals surface area contributed by atoms with Crippen LogP contribution in [0.4, 0.5) is 0 Å². The van der Waals surface area contributed by atoms with Gasteiger partial charge in [0.25, 0.3) is 0 Å². The summed E-state index contributed by atoms with van der Waals surface area (Å²) in [5.74, 6) is 3.17. The molecule has 0 saturated heterocycles. The van der Waals surface area contributed by atoms with Crippen molar-refractivity contribution in [3.63, 3.8) is 0 Å². The Bertz CT molecular complexity index is 366. The summed E-state index contributed by atoms with van der Waals surface area (Å²) in [4.78, 5) is 0. The van der Waals surface area contributed by atoms with Gasteiger partial charge in [-0.15, -0.1) is 0 Å². The molecule has 0 spiro atoms. The van der Waals surface area contributed by atoms with Gasteiger partial charge in [-0.1, -0.05) is 57.8 Å². The molecule has 0 N–H and O–H groups in total. The van der Waals surface area contributed by atoms with E-state index in [9.17, 15) is 0 Å². The van der Waals surface area contributed by atoms with Crippen LogP contribution in [0.25, 0.3) is 0 Å². The zero-order valence-corrected chi connectivity index (χ0v) is 22.1. The van der Waals surface area contributed by atoms with Gasteiger partial charge in [-0.25, -0.2) is 0 Å². The van der Waals surface area contributed by atoms with E-state index in [1.165, 1.54) is 96.3 Å². The van der Waals surface area contributed by atoms with Crippen LogP contribution in [0.15, 0.2) is 0 Å². The molecule has 3 nitrogen and oxygen atoms in total. The molecule has 3 aliphatic rings. The minimum absolute atomic E-state index is 0.481. The van der Waals surface area contributed by atoms with Crippen LogP contribution in [0.5, 0.6) is 0 Å². The number of hydrogen-bond donors (Lipinski definition) is 0. The third-order valence-electron chi connectivity index (χ3n) is 6.73. The van der Waals surface area contributed by atoms with Crippen LogP contribution < -0.4 is 0 Å². The van der Waals surface area contributed by atoms with Crippen LogP contribution in [-0.4, -0.2) is 60.2 Å². The van der Waals surface area contributed by atoms with Crippen LogP contribution in [0.1, 0.15) is 96.3 Å². The van der Waals surface area contributed by atoms with Gasteiger partial charge >= 0.3 is 7.32 Å². The molecule has 31 heavy (non-hydrogen) atoms. The summed E-state index contributed by atoms with van der Waals surface area (Å²) in [6.07, 6.45) is 21.0. The summed E-state index contributed by atoms with van der Waals surface area (Å²) in [6.45, 7) is 2.20. The Kier molecular flexibility index (Phi) is 15.0. The summed E-state index contributed by atoms with van der Waals surface area (Å²) in [5.41, 5.74) is 0. The number of hydrogen-bond acceptors (Lipinski definition) is 6. The molecule has 0 unspecified atom stereocenters. The van der Waals surface area contributed by atoms with E-state index in [0.29, 0.717) is 0 Å². The van der Waals surface area contributed by atoms with Crippen LogP contribution in [0, 0.1) is 0 Å². The normalized spacial score (nSPS) is 22.1. The predicted octanol–water partition coefficient (Wildman–Crippen LogP) is 7.22. The standard InChI is InChI=1S/C24H45BO3S3/c1-4-10-22(11-5-1)29-19-16-26-25(27-17-20-30-23-12-6-2-7-13-23)28-18-21-31-24-14-8-3-9-15-24/h22-24H,1-21H2. The molecular formula is C24H45BO3S3. The fourth-order valence-electron chi connectivity index (χ4n) is 4.92. The van der Waals surface area contributed by atoms with E-state index >= 15 is 0 Å². The lowest BCUT2D eigenvalue weighted by Crippen LogP contribution is -2.30. The monoisotopic (exact) mass is 488 g/mol. The first-order chi connectivity index (χ1) is 15.4. The maximum absolute atomic E-state index is 6.03. The molecule has 0 atom stereocenters. The van der Waals surface area contributed by atoms with E-state index in [1.807, 2.05) is 0 Å². The van der Waals surface area contributed by atoms with Gasteiger partial charge in [-0.05, 0) is 38.5 Å². The van der Waals surface area contributed by atoms with Gasteiger partial charge < -0.3 is 14.0 Å². The van der Waals surface area contributed by atoms with E-state index in [0.717, 1.165) is 52.8 Å². The fourth-order valence-corrected chi connectivity index (χ4v) is 8.49. The van der Waals surface area contributed by atoms with Crippen LogP contribution in [0.2, 0.25) is 0 Å². The van der Waals surface area contributed by atoms with Crippen molar-refractivity contribution in [3.05, 3.63) is 0 Å². The van der Waals surface area contributed by atoms with Crippen molar-refractivity contribution in [1.29, 1.82) is 0 Å². The molecule has 0 aliphatic heterocycles. The highest BCUT2D eigenvalue weighted by molar-refractivity contribution is 8.00. The van der Waals surface area contributed by atoms with E-state index in [4.69, 9.17) is 14.0 Å². The predicted molar refractivity (Wildman–Crippen MR) is 142 cm³/mol. The molecule has 0 radical (unpaired) electrons. The molecular weight excluding hydrogens is 443 g/mol. The van der Waals surface area contributed by atoms with Crippen molar-refractivity contribution in [2.24, 2.45) is 0 Å². The maximum Gasteiger partial charge on any atom is 0.639 e. The van der Waals surface area contributed by atoms with Gasteiger partial charge in [0.1, 0.15) is 0 Å². The third kappa shape index (κ3) is 12.3. The summed E-state index contributed by atoms with van der Waals surface area (Å²) < 4.78 is 18.1.